The van der Waals surface area contributed by atoms with Gasteiger partial charge < -0.3 is 4.90 Å². The topological polar surface area (TPSA) is 54.5 Å². The molecule has 0 heterocycles. The molecule has 1 aromatic carbocycles. The average Bonchev–Trinajstić information content (AvgIpc) is 2.29. The number of halogens is 3. The van der Waals surface area contributed by atoms with Gasteiger partial charge in [0.2, 0.25) is 0 Å². The van der Waals surface area contributed by atoms with Gasteiger partial charge in [-0.2, -0.15) is 0 Å². The molecule has 0 saturated carbocycles. The molecule has 0 aromatic heterocycles. The van der Waals surface area contributed by atoms with Crippen molar-refractivity contribution in [2.45, 2.75) is 18.2 Å². The van der Waals surface area contributed by atoms with E-state index in [2.05, 4.69) is 15.9 Å². The fraction of sp³-hybridized carbons (Fsp3) is 0.364. The van der Waals surface area contributed by atoms with Crippen LogP contribution in [0, 0.1) is 5.82 Å². The first-order chi connectivity index (χ1) is 8.68. The maximum atomic E-state index is 14.1. The number of carbonyl (C=O) groups is 1. The van der Waals surface area contributed by atoms with Crippen LogP contribution in [-0.2, 0) is 9.05 Å². The van der Waals surface area contributed by atoms with Crippen LogP contribution >= 0.6 is 26.6 Å². The lowest BCUT2D eigenvalue weighted by Crippen LogP contribution is -2.28. The van der Waals surface area contributed by atoms with Crippen LogP contribution in [0.2, 0.25) is 0 Å². The maximum Gasteiger partial charge on any atom is 0.264 e. The summed E-state index contributed by atoms with van der Waals surface area (Å²) in [5.74, 6) is -1.73. The third-order valence-corrected chi connectivity index (χ3v) is 4.18. The molecule has 0 aliphatic heterocycles. The first kappa shape index (κ1) is 16.4. The third-order valence-electron chi connectivity index (χ3n) is 2.40. The molecule has 0 aliphatic carbocycles. The highest BCUT2D eigenvalue weighted by Gasteiger charge is 2.25. The number of hydrogen-bond donors (Lipinski definition) is 0. The molecule has 0 spiro atoms. The predicted octanol–water partition coefficient (Wildman–Crippen LogP) is 3.00. The van der Waals surface area contributed by atoms with Crippen molar-refractivity contribution in [2.75, 3.05) is 13.6 Å². The summed E-state index contributed by atoms with van der Waals surface area (Å²) in [4.78, 5) is 12.6. The van der Waals surface area contributed by atoms with Crippen molar-refractivity contribution in [1.82, 2.24) is 4.90 Å². The van der Waals surface area contributed by atoms with E-state index in [1.165, 1.54) is 18.0 Å². The van der Waals surface area contributed by atoms with Gasteiger partial charge in [-0.05, 0) is 18.6 Å². The molecule has 19 heavy (non-hydrogen) atoms. The largest absolute Gasteiger partial charge is 0.342 e. The van der Waals surface area contributed by atoms with Crippen LogP contribution in [0.25, 0.3) is 0 Å². The van der Waals surface area contributed by atoms with E-state index in [1.807, 2.05) is 6.92 Å². The number of amides is 1. The summed E-state index contributed by atoms with van der Waals surface area (Å²) in [6, 6.07) is 2.25. The van der Waals surface area contributed by atoms with Crippen molar-refractivity contribution in [3.63, 3.8) is 0 Å². The first-order valence-electron chi connectivity index (χ1n) is 5.37. The van der Waals surface area contributed by atoms with E-state index in [-0.39, 0.29) is 10.0 Å². The SMILES string of the molecule is CCCN(C)C(=O)c1cc(Br)cc(S(=O)(=O)Cl)c1F. The second-order valence-corrected chi connectivity index (χ2v) is 7.38. The molecular weight excluding hydrogens is 361 g/mol. The second kappa shape index (κ2) is 6.19. The number of rotatable bonds is 4. The van der Waals surface area contributed by atoms with Crippen LogP contribution in [0.3, 0.4) is 0 Å². The van der Waals surface area contributed by atoms with Gasteiger partial charge in [0.15, 0.2) is 5.82 Å². The van der Waals surface area contributed by atoms with Gasteiger partial charge in [0, 0.05) is 28.7 Å². The van der Waals surface area contributed by atoms with E-state index >= 15 is 0 Å². The molecular formula is C11H12BrClFNO3S. The van der Waals surface area contributed by atoms with Gasteiger partial charge in [0.25, 0.3) is 15.0 Å². The standard InChI is InChI=1S/C11H12BrClFNO3S/c1-3-4-15(2)11(16)8-5-7(12)6-9(10(8)14)19(13,17)18/h5-6H,3-4H2,1-2H3. The number of nitrogens with zero attached hydrogens (tertiary/aromatic N) is 1. The molecule has 1 rings (SSSR count). The second-order valence-electron chi connectivity index (χ2n) is 3.93. The molecule has 0 radical (unpaired) electrons. The summed E-state index contributed by atoms with van der Waals surface area (Å²) in [6.45, 7) is 2.31. The van der Waals surface area contributed by atoms with Gasteiger partial charge in [-0.25, -0.2) is 12.8 Å². The minimum Gasteiger partial charge on any atom is -0.342 e. The molecule has 0 fully saturated rings. The van der Waals surface area contributed by atoms with E-state index in [0.717, 1.165) is 6.07 Å². The summed E-state index contributed by atoms with van der Waals surface area (Å²) in [5.41, 5.74) is -0.329. The summed E-state index contributed by atoms with van der Waals surface area (Å²) >= 11 is 3.04. The Bertz CT molecular complexity index is 606. The normalized spacial score (nSPS) is 11.4. The van der Waals surface area contributed by atoms with E-state index in [0.29, 0.717) is 13.0 Å². The van der Waals surface area contributed by atoms with Crippen molar-refractivity contribution >= 4 is 41.6 Å². The van der Waals surface area contributed by atoms with Gasteiger partial charge in [-0.3, -0.25) is 4.79 Å². The summed E-state index contributed by atoms with van der Waals surface area (Å²) in [5, 5.41) is 0. The lowest BCUT2D eigenvalue weighted by atomic mass is 10.2. The van der Waals surface area contributed by atoms with Gasteiger partial charge in [0.1, 0.15) is 4.90 Å². The van der Waals surface area contributed by atoms with Gasteiger partial charge in [-0.15, -0.1) is 0 Å². The smallest absolute Gasteiger partial charge is 0.264 e. The Balaban J connectivity index is 3.38. The van der Waals surface area contributed by atoms with E-state index in [4.69, 9.17) is 10.7 Å². The third kappa shape index (κ3) is 3.90. The highest BCUT2D eigenvalue weighted by molar-refractivity contribution is 9.10. The van der Waals surface area contributed by atoms with E-state index < -0.39 is 25.7 Å². The molecule has 0 unspecified atom stereocenters. The highest BCUT2D eigenvalue weighted by atomic mass is 79.9. The fourth-order valence-corrected chi connectivity index (χ4v) is 3.08. The zero-order chi connectivity index (χ0) is 14.8. The lowest BCUT2D eigenvalue weighted by molar-refractivity contribution is 0.0790. The molecule has 8 heteroatoms. The van der Waals surface area contributed by atoms with Crippen LogP contribution in [0.15, 0.2) is 21.5 Å². The average molecular weight is 373 g/mol. The Hall–Kier alpha value is -0.660. The van der Waals surface area contributed by atoms with Gasteiger partial charge >= 0.3 is 0 Å². The molecule has 1 amide bonds. The molecule has 4 nitrogen and oxygen atoms in total. The Morgan fingerprint density at radius 3 is 2.53 bits per heavy atom. The Labute approximate surface area is 124 Å². The van der Waals surface area contributed by atoms with Crippen LogP contribution in [0.4, 0.5) is 4.39 Å². The van der Waals surface area contributed by atoms with E-state index in [1.54, 1.807) is 0 Å². The quantitative estimate of drug-likeness (QED) is 0.764. The fourth-order valence-electron chi connectivity index (χ4n) is 1.54. The van der Waals surface area contributed by atoms with Crippen molar-refractivity contribution in [3.05, 3.63) is 28.0 Å². The number of carbonyl (C=O) groups excluding carboxylic acids is 1. The molecule has 0 N–H and O–H groups in total. The molecule has 0 bridgehead atoms. The van der Waals surface area contributed by atoms with Crippen LogP contribution < -0.4 is 0 Å². The number of benzene rings is 1. The first-order valence-corrected chi connectivity index (χ1v) is 8.48. The summed E-state index contributed by atoms with van der Waals surface area (Å²) in [6.07, 6.45) is 0.707. The maximum absolute atomic E-state index is 14.1. The van der Waals surface area contributed by atoms with Crippen molar-refractivity contribution < 1.29 is 17.6 Å². The zero-order valence-electron chi connectivity index (χ0n) is 10.3. The van der Waals surface area contributed by atoms with Crippen LogP contribution in [0.1, 0.15) is 23.7 Å². The molecule has 1 aromatic rings. The Morgan fingerprint density at radius 1 is 1.47 bits per heavy atom. The zero-order valence-corrected chi connectivity index (χ0v) is 13.4. The van der Waals surface area contributed by atoms with Crippen LogP contribution in [0.5, 0.6) is 0 Å². The molecule has 0 saturated heterocycles. The van der Waals surface area contributed by atoms with Gasteiger partial charge in [0.05, 0.1) is 5.56 Å². The predicted molar refractivity (Wildman–Crippen MR) is 74.4 cm³/mol. The van der Waals surface area contributed by atoms with E-state index in [9.17, 15) is 17.6 Å². The minimum atomic E-state index is -4.25. The summed E-state index contributed by atoms with van der Waals surface area (Å²) < 4.78 is 36.8. The molecule has 106 valence electrons. The monoisotopic (exact) mass is 371 g/mol. The van der Waals surface area contributed by atoms with Crippen molar-refractivity contribution in [3.8, 4) is 0 Å². The minimum absolute atomic E-state index is 0.265. The van der Waals surface area contributed by atoms with Crippen molar-refractivity contribution in [2.24, 2.45) is 0 Å². The Morgan fingerprint density at radius 2 is 2.05 bits per heavy atom. The lowest BCUT2D eigenvalue weighted by Gasteiger charge is -2.17. The number of hydrogen-bond acceptors (Lipinski definition) is 3. The van der Waals surface area contributed by atoms with Crippen LogP contribution in [-0.4, -0.2) is 32.8 Å². The summed E-state index contributed by atoms with van der Waals surface area (Å²) in [7, 11) is 2.40. The van der Waals surface area contributed by atoms with Gasteiger partial charge in [-0.1, -0.05) is 22.9 Å². The highest BCUT2D eigenvalue weighted by Crippen LogP contribution is 2.27. The molecule has 0 aliphatic rings. The van der Waals surface area contributed by atoms with Crippen molar-refractivity contribution in [1.29, 1.82) is 0 Å². The Kier molecular flexibility index (Phi) is 5.34. The molecule has 0 atom stereocenters.